The molecule has 1 aliphatic heterocycles. The van der Waals surface area contributed by atoms with Gasteiger partial charge in [-0.2, -0.15) is 0 Å². The Kier molecular flexibility index (Phi) is 18.7. The molecule has 1 amide bonds. The van der Waals surface area contributed by atoms with Crippen molar-refractivity contribution >= 4 is 23.8 Å². The van der Waals surface area contributed by atoms with E-state index in [1.54, 1.807) is 14.7 Å². The molecule has 1 aromatic carbocycles. The Morgan fingerprint density at radius 2 is 1.06 bits per heavy atom. The molecular formula is C31H47N9O10. The molecule has 1 aliphatic rings. The van der Waals surface area contributed by atoms with E-state index in [1.807, 2.05) is 24.3 Å². The molecule has 0 radical (unpaired) electrons. The Morgan fingerprint density at radius 1 is 0.620 bits per heavy atom. The number of rotatable bonds is 20. The second-order valence-electron chi connectivity index (χ2n) is 11.5. The SMILES string of the molecule is O=C(O)CN1CCN(CCOCCOCCOCC(=O)NCc2ccc(-c3nncnn3)cc2)CCN(CC(=O)O)CCN(CC(=O)O)CC1. The van der Waals surface area contributed by atoms with Crippen LogP contribution in [-0.2, 0) is 39.9 Å². The third kappa shape index (κ3) is 17.4. The summed E-state index contributed by atoms with van der Waals surface area (Å²) < 4.78 is 16.7. The summed E-state index contributed by atoms with van der Waals surface area (Å²) in [6, 6.07) is 7.37. The third-order valence-corrected chi connectivity index (χ3v) is 7.65. The zero-order chi connectivity index (χ0) is 36.0. The van der Waals surface area contributed by atoms with Crippen molar-refractivity contribution in [2.45, 2.75) is 6.54 Å². The lowest BCUT2D eigenvalue weighted by atomic mass is 10.1. The standard InChI is InChI=1S/C31H47N9O10/c41-27(32-19-25-1-3-26(4-2-25)31-35-33-24-34-36-31)23-50-18-17-49-16-15-48-14-13-37-5-7-38(20-28(42)43)9-11-40(22-30(46)47)12-10-39(8-6-37)21-29(44)45/h1-4,24H,5-23H2,(H,32,41)(H,42,43)(H,44,45)(H,46,47). The van der Waals surface area contributed by atoms with Crippen LogP contribution in [-0.4, -0.2) is 197 Å². The largest absolute Gasteiger partial charge is 0.480 e. The number of nitrogens with one attached hydrogen (secondary N) is 1. The van der Waals surface area contributed by atoms with Gasteiger partial charge in [0.1, 0.15) is 6.61 Å². The molecule has 0 saturated carbocycles. The van der Waals surface area contributed by atoms with E-state index in [0.29, 0.717) is 91.1 Å². The fourth-order valence-corrected chi connectivity index (χ4v) is 4.99. The first-order valence-corrected chi connectivity index (χ1v) is 16.3. The second kappa shape index (κ2) is 23.2. The maximum Gasteiger partial charge on any atom is 0.317 e. The topological polar surface area (TPSA) is 233 Å². The maximum absolute atomic E-state index is 12.1. The molecule has 0 atom stereocenters. The number of carbonyl (C=O) groups is 4. The van der Waals surface area contributed by atoms with Crippen molar-refractivity contribution in [1.29, 1.82) is 0 Å². The van der Waals surface area contributed by atoms with Crippen molar-refractivity contribution in [2.24, 2.45) is 0 Å². The highest BCUT2D eigenvalue weighted by Crippen LogP contribution is 2.13. The van der Waals surface area contributed by atoms with E-state index in [1.165, 1.54) is 6.33 Å². The minimum Gasteiger partial charge on any atom is -0.480 e. The van der Waals surface area contributed by atoms with E-state index < -0.39 is 17.9 Å². The lowest BCUT2D eigenvalue weighted by Gasteiger charge is -2.33. The van der Waals surface area contributed by atoms with E-state index in [4.69, 9.17) is 14.2 Å². The van der Waals surface area contributed by atoms with Gasteiger partial charge in [0.15, 0.2) is 6.33 Å². The van der Waals surface area contributed by atoms with E-state index in [0.717, 1.165) is 11.1 Å². The lowest BCUT2D eigenvalue weighted by Crippen LogP contribution is -2.48. The third-order valence-electron chi connectivity index (χ3n) is 7.65. The average molecular weight is 706 g/mol. The van der Waals surface area contributed by atoms with Crippen LogP contribution >= 0.6 is 0 Å². The maximum atomic E-state index is 12.1. The average Bonchev–Trinajstić information content (AvgIpc) is 3.08. The first-order chi connectivity index (χ1) is 24.2. The molecule has 1 aromatic heterocycles. The van der Waals surface area contributed by atoms with Gasteiger partial charge in [0, 0.05) is 71.0 Å². The van der Waals surface area contributed by atoms with Crippen LogP contribution in [0.2, 0.25) is 0 Å². The van der Waals surface area contributed by atoms with Crippen molar-refractivity contribution in [1.82, 2.24) is 45.3 Å². The van der Waals surface area contributed by atoms with Gasteiger partial charge in [-0.05, 0) is 5.56 Å². The van der Waals surface area contributed by atoms with Gasteiger partial charge in [-0.3, -0.25) is 38.8 Å². The number of hydrogen-bond acceptors (Lipinski definition) is 15. The molecule has 50 heavy (non-hydrogen) atoms. The van der Waals surface area contributed by atoms with Crippen LogP contribution in [0.15, 0.2) is 30.6 Å². The Bertz CT molecular complexity index is 1280. The predicted molar refractivity (Wildman–Crippen MR) is 176 cm³/mol. The number of amides is 1. The first-order valence-electron chi connectivity index (χ1n) is 16.3. The molecule has 1 fully saturated rings. The summed E-state index contributed by atoms with van der Waals surface area (Å²) in [5.41, 5.74) is 1.67. The molecule has 0 unspecified atom stereocenters. The van der Waals surface area contributed by atoms with E-state index in [-0.39, 0.29) is 45.4 Å². The summed E-state index contributed by atoms with van der Waals surface area (Å²) in [4.78, 5) is 53.7. The number of aliphatic carboxylic acids is 3. The molecule has 0 spiro atoms. The van der Waals surface area contributed by atoms with Crippen molar-refractivity contribution in [3.05, 3.63) is 36.2 Å². The van der Waals surface area contributed by atoms with Crippen LogP contribution < -0.4 is 5.32 Å². The van der Waals surface area contributed by atoms with Gasteiger partial charge in [-0.25, -0.2) is 0 Å². The molecule has 19 heteroatoms. The van der Waals surface area contributed by atoms with E-state index in [9.17, 15) is 34.5 Å². The molecule has 2 heterocycles. The first kappa shape index (κ1) is 40.2. The smallest absolute Gasteiger partial charge is 0.317 e. The summed E-state index contributed by atoms with van der Waals surface area (Å²) in [5, 5.41) is 46.1. The zero-order valence-electron chi connectivity index (χ0n) is 28.1. The Morgan fingerprint density at radius 3 is 1.54 bits per heavy atom. The number of nitrogens with zero attached hydrogens (tertiary/aromatic N) is 8. The number of benzene rings is 1. The summed E-state index contributed by atoms with van der Waals surface area (Å²) >= 11 is 0. The number of carboxylic acids is 3. The van der Waals surface area contributed by atoms with Gasteiger partial charge in [0.2, 0.25) is 11.7 Å². The molecular weight excluding hydrogens is 658 g/mol. The molecule has 2 aromatic rings. The number of carbonyl (C=O) groups excluding carboxylic acids is 1. The van der Waals surface area contributed by atoms with Crippen LogP contribution in [0.1, 0.15) is 5.56 Å². The molecule has 3 rings (SSSR count). The van der Waals surface area contributed by atoms with Crippen molar-refractivity contribution in [2.75, 3.05) is 118 Å². The molecule has 276 valence electrons. The van der Waals surface area contributed by atoms with Crippen LogP contribution in [0.25, 0.3) is 11.4 Å². The minimum absolute atomic E-state index is 0.0999. The van der Waals surface area contributed by atoms with Gasteiger partial charge in [0.05, 0.1) is 52.7 Å². The predicted octanol–water partition coefficient (Wildman–Crippen LogP) is -1.92. The number of ether oxygens (including phenoxy) is 3. The van der Waals surface area contributed by atoms with Crippen LogP contribution in [0.5, 0.6) is 0 Å². The van der Waals surface area contributed by atoms with Gasteiger partial charge < -0.3 is 34.8 Å². The zero-order valence-corrected chi connectivity index (χ0v) is 28.1. The fraction of sp³-hybridized carbons (Fsp3) is 0.613. The van der Waals surface area contributed by atoms with Crippen molar-refractivity contribution in [3.8, 4) is 11.4 Å². The van der Waals surface area contributed by atoms with Gasteiger partial charge >= 0.3 is 17.9 Å². The Balaban J connectivity index is 1.29. The van der Waals surface area contributed by atoms with Crippen LogP contribution in [0, 0.1) is 0 Å². The Labute approximate surface area is 290 Å². The van der Waals surface area contributed by atoms with Gasteiger partial charge in [-0.15, -0.1) is 20.4 Å². The van der Waals surface area contributed by atoms with E-state index >= 15 is 0 Å². The van der Waals surface area contributed by atoms with Crippen LogP contribution in [0.4, 0.5) is 0 Å². The van der Waals surface area contributed by atoms with Crippen molar-refractivity contribution < 1.29 is 48.7 Å². The molecule has 0 bridgehead atoms. The summed E-state index contributed by atoms with van der Waals surface area (Å²) in [6.45, 7) is 5.22. The number of carboxylic acid groups (broad SMARTS) is 3. The lowest BCUT2D eigenvalue weighted by molar-refractivity contribution is -0.140. The second-order valence-corrected chi connectivity index (χ2v) is 11.5. The monoisotopic (exact) mass is 705 g/mol. The molecule has 4 N–H and O–H groups in total. The van der Waals surface area contributed by atoms with E-state index in [2.05, 4.69) is 30.6 Å². The Hall–Kier alpha value is -4.24. The summed E-state index contributed by atoms with van der Waals surface area (Å²) in [5.74, 6) is -2.76. The normalized spacial score (nSPS) is 15.9. The van der Waals surface area contributed by atoms with Gasteiger partial charge in [0.25, 0.3) is 0 Å². The van der Waals surface area contributed by atoms with Crippen LogP contribution in [0.3, 0.4) is 0 Å². The number of aromatic nitrogens is 4. The highest BCUT2D eigenvalue weighted by molar-refractivity contribution is 5.77. The highest BCUT2D eigenvalue weighted by atomic mass is 16.5. The minimum atomic E-state index is -0.996. The highest BCUT2D eigenvalue weighted by Gasteiger charge is 2.20. The summed E-state index contributed by atoms with van der Waals surface area (Å²) in [6.07, 6.45) is 1.26. The summed E-state index contributed by atoms with van der Waals surface area (Å²) in [7, 11) is 0. The molecule has 19 nitrogen and oxygen atoms in total. The molecule has 0 aliphatic carbocycles. The number of hydrogen-bond donors (Lipinski definition) is 4. The quantitative estimate of drug-likeness (QED) is 0.110. The van der Waals surface area contributed by atoms with Gasteiger partial charge in [-0.1, -0.05) is 24.3 Å². The van der Waals surface area contributed by atoms with Crippen molar-refractivity contribution in [3.63, 3.8) is 0 Å². The molecule has 1 saturated heterocycles. The fourth-order valence-electron chi connectivity index (χ4n) is 4.99.